The fraction of sp³-hybridized carbons (Fsp3) is 0.714. The first-order valence-electron chi connectivity index (χ1n) is 13.3. The first-order valence-corrected chi connectivity index (χ1v) is 13.3. The zero-order chi connectivity index (χ0) is 27.3. The first-order chi connectivity index (χ1) is 17.3. The van der Waals surface area contributed by atoms with E-state index >= 15 is 0 Å². The molecule has 1 amide bonds. The molecular formula is C28H43N3O6. The molecule has 2 bridgehead atoms. The number of hydrogen-bond donors (Lipinski definition) is 4. The van der Waals surface area contributed by atoms with Gasteiger partial charge < -0.3 is 35.6 Å². The molecule has 1 aliphatic heterocycles. The van der Waals surface area contributed by atoms with Crippen LogP contribution in [-0.4, -0.2) is 77.0 Å². The molecule has 37 heavy (non-hydrogen) atoms. The highest BCUT2D eigenvalue weighted by Gasteiger charge is 2.69. The highest BCUT2D eigenvalue weighted by Crippen LogP contribution is 2.64. The van der Waals surface area contributed by atoms with Crippen molar-refractivity contribution in [1.82, 2.24) is 10.2 Å². The van der Waals surface area contributed by atoms with Crippen LogP contribution in [0.5, 0.6) is 11.5 Å². The van der Waals surface area contributed by atoms with E-state index in [1.807, 2.05) is 26.8 Å². The van der Waals surface area contributed by atoms with Crippen molar-refractivity contribution in [1.29, 1.82) is 0 Å². The second kappa shape index (κ2) is 9.75. The molecule has 206 valence electrons. The quantitative estimate of drug-likeness (QED) is 0.320. The van der Waals surface area contributed by atoms with Crippen molar-refractivity contribution in [2.75, 3.05) is 20.7 Å². The van der Waals surface area contributed by atoms with Crippen molar-refractivity contribution in [3.63, 3.8) is 0 Å². The van der Waals surface area contributed by atoms with Gasteiger partial charge in [0.1, 0.15) is 11.6 Å². The van der Waals surface area contributed by atoms with Crippen molar-refractivity contribution in [3.8, 4) is 11.5 Å². The monoisotopic (exact) mass is 517 g/mol. The smallest absolute Gasteiger partial charge is 0.323 e. The van der Waals surface area contributed by atoms with Crippen molar-refractivity contribution in [2.24, 2.45) is 11.7 Å². The van der Waals surface area contributed by atoms with E-state index in [4.69, 9.17) is 15.2 Å². The van der Waals surface area contributed by atoms with Crippen molar-refractivity contribution in [3.05, 3.63) is 23.3 Å². The van der Waals surface area contributed by atoms with Crippen molar-refractivity contribution < 1.29 is 29.3 Å². The lowest BCUT2D eigenvalue weighted by Gasteiger charge is -2.68. The minimum Gasteiger partial charge on any atom is -0.504 e. The Labute approximate surface area is 219 Å². The third kappa shape index (κ3) is 4.49. The number of likely N-dealkylation sites (N-methyl/N-ethyl adjacent to an activating group) is 1. The number of ether oxygens (including phenoxy) is 2. The Balaban J connectivity index is 1.76. The SMILES string of the molecule is CO[C@@]12CCC(N[C@@H](CCC(N)=O)C(=O)OC(C)(C)C)[C@H](C)[C@@]13CCN(C)C2Cc1ccc(O)c(O)c13. The van der Waals surface area contributed by atoms with Gasteiger partial charge in [-0.2, -0.15) is 0 Å². The number of rotatable bonds is 7. The van der Waals surface area contributed by atoms with Crippen molar-refractivity contribution >= 4 is 11.9 Å². The largest absolute Gasteiger partial charge is 0.504 e. The number of nitrogens with one attached hydrogen (secondary N) is 1. The molecule has 1 aromatic rings. The lowest BCUT2D eigenvalue weighted by atomic mass is 9.45. The number of fused-ring (bicyclic) bond motifs is 1. The molecule has 6 atom stereocenters. The molecule has 2 unspecified atom stereocenters. The predicted molar refractivity (Wildman–Crippen MR) is 139 cm³/mol. The zero-order valence-corrected chi connectivity index (χ0v) is 23.0. The maximum absolute atomic E-state index is 13.2. The highest BCUT2D eigenvalue weighted by atomic mass is 16.6. The summed E-state index contributed by atoms with van der Waals surface area (Å²) in [5.74, 6) is -1.16. The summed E-state index contributed by atoms with van der Waals surface area (Å²) in [5.41, 5.74) is 5.38. The fourth-order valence-electron chi connectivity index (χ4n) is 7.56. The van der Waals surface area contributed by atoms with Crippen LogP contribution in [0.4, 0.5) is 0 Å². The number of piperidine rings is 1. The molecule has 1 saturated heterocycles. The molecule has 9 nitrogen and oxygen atoms in total. The number of hydrogen-bond acceptors (Lipinski definition) is 8. The summed E-state index contributed by atoms with van der Waals surface area (Å²) in [6, 6.07) is 2.77. The van der Waals surface area contributed by atoms with Crippen LogP contribution in [0, 0.1) is 5.92 Å². The van der Waals surface area contributed by atoms with Crippen LogP contribution in [0.1, 0.15) is 70.9 Å². The topological polar surface area (TPSA) is 134 Å². The number of methoxy groups -OCH3 is 1. The summed E-state index contributed by atoms with van der Waals surface area (Å²) < 4.78 is 12.1. The minimum atomic E-state index is -0.700. The maximum Gasteiger partial charge on any atom is 0.323 e. The van der Waals surface area contributed by atoms with Gasteiger partial charge in [0.25, 0.3) is 0 Å². The van der Waals surface area contributed by atoms with Crippen LogP contribution in [0.15, 0.2) is 12.1 Å². The molecule has 0 spiro atoms. The highest BCUT2D eigenvalue weighted by molar-refractivity contribution is 5.78. The number of nitrogens with zero attached hydrogens (tertiary/aromatic N) is 1. The normalized spacial score (nSPS) is 32.2. The molecular weight excluding hydrogens is 474 g/mol. The second-order valence-electron chi connectivity index (χ2n) is 12.2. The van der Waals surface area contributed by atoms with Crippen LogP contribution >= 0.6 is 0 Å². The van der Waals surface area contributed by atoms with E-state index in [9.17, 15) is 19.8 Å². The van der Waals surface area contributed by atoms with Gasteiger partial charge in [0.15, 0.2) is 11.5 Å². The predicted octanol–water partition coefficient (Wildman–Crippen LogP) is 2.34. The van der Waals surface area contributed by atoms with Crippen LogP contribution < -0.4 is 11.1 Å². The van der Waals surface area contributed by atoms with Gasteiger partial charge in [-0.1, -0.05) is 13.0 Å². The number of primary amides is 1. The molecule has 1 aromatic carbocycles. The molecule has 2 fully saturated rings. The summed E-state index contributed by atoms with van der Waals surface area (Å²) in [4.78, 5) is 27.1. The van der Waals surface area contributed by atoms with E-state index < -0.39 is 34.5 Å². The number of likely N-dealkylation sites (tertiary alicyclic amines) is 1. The Kier molecular flexibility index (Phi) is 7.29. The molecule has 0 radical (unpaired) electrons. The van der Waals surface area contributed by atoms with Crippen LogP contribution in [-0.2, 0) is 30.9 Å². The van der Waals surface area contributed by atoms with Gasteiger partial charge in [0.2, 0.25) is 5.91 Å². The number of carbonyl (C=O) groups is 2. The van der Waals surface area contributed by atoms with Gasteiger partial charge in [-0.15, -0.1) is 0 Å². The lowest BCUT2D eigenvalue weighted by Crippen LogP contribution is -2.77. The number of phenols is 2. The maximum atomic E-state index is 13.2. The van der Waals surface area contributed by atoms with Gasteiger partial charge in [-0.25, -0.2) is 0 Å². The number of aromatic hydroxyl groups is 2. The Morgan fingerprint density at radius 2 is 1.97 bits per heavy atom. The Bertz CT molecular complexity index is 1060. The molecule has 9 heteroatoms. The molecule has 1 saturated carbocycles. The van der Waals surface area contributed by atoms with Crippen LogP contribution in [0.3, 0.4) is 0 Å². The molecule has 5 N–H and O–H groups in total. The van der Waals surface area contributed by atoms with Crippen molar-refractivity contribution in [2.45, 2.75) is 101 Å². The molecule has 4 rings (SSSR count). The van der Waals surface area contributed by atoms with E-state index in [2.05, 4.69) is 24.2 Å². The number of nitrogens with two attached hydrogens (primary N) is 1. The number of benzene rings is 1. The first kappa shape index (κ1) is 27.7. The van der Waals surface area contributed by atoms with Gasteiger partial charge in [-0.3, -0.25) is 9.59 Å². The molecule has 3 aliphatic rings. The molecule has 1 heterocycles. The summed E-state index contributed by atoms with van der Waals surface area (Å²) in [6.45, 7) is 8.42. The lowest BCUT2D eigenvalue weighted by molar-refractivity contribution is -0.202. The van der Waals surface area contributed by atoms with Crippen LogP contribution in [0.2, 0.25) is 0 Å². The number of phenolic OH excluding ortho intramolecular Hbond substituents is 2. The number of carbonyl (C=O) groups excluding carboxylic acids is 2. The standard InChI is InChI=1S/C28H43N3O6/c1-16-18(30-19(8-10-22(29)33)25(35)37-26(2,3)4)11-12-28(36-6)21-15-17-7-9-20(32)24(34)23(17)27(16,28)13-14-31(21)5/h7,9,16,18-19,21,30,32,34H,8,10-15H2,1-6H3,(H2,29,33)/t16-,18?,19-,21?,27+,28+/m0/s1. The third-order valence-electron chi connectivity index (χ3n) is 9.14. The average molecular weight is 518 g/mol. The van der Waals surface area contributed by atoms with E-state index in [0.717, 1.165) is 36.9 Å². The summed E-state index contributed by atoms with van der Waals surface area (Å²) in [6.07, 6.45) is 3.21. The minimum absolute atomic E-state index is 0.0650. The third-order valence-corrected chi connectivity index (χ3v) is 9.14. The van der Waals surface area contributed by atoms with E-state index in [1.54, 1.807) is 13.2 Å². The van der Waals surface area contributed by atoms with E-state index in [-0.39, 0.29) is 42.3 Å². The van der Waals surface area contributed by atoms with Gasteiger partial charge >= 0.3 is 5.97 Å². The van der Waals surface area contributed by atoms with Gasteiger partial charge in [-0.05, 0) is 84.0 Å². The van der Waals surface area contributed by atoms with Gasteiger partial charge in [0, 0.05) is 36.6 Å². The molecule has 0 aromatic heterocycles. The average Bonchev–Trinajstić information content (AvgIpc) is 2.81. The van der Waals surface area contributed by atoms with Gasteiger partial charge in [0.05, 0.1) is 5.60 Å². The summed E-state index contributed by atoms with van der Waals surface area (Å²) in [5, 5.41) is 25.3. The van der Waals surface area contributed by atoms with E-state index in [1.165, 1.54) is 0 Å². The summed E-state index contributed by atoms with van der Waals surface area (Å²) in [7, 11) is 3.88. The Hall–Kier alpha value is -2.36. The van der Waals surface area contributed by atoms with Crippen LogP contribution in [0.25, 0.3) is 0 Å². The Morgan fingerprint density at radius 1 is 1.27 bits per heavy atom. The zero-order valence-electron chi connectivity index (χ0n) is 23.0. The van der Waals surface area contributed by atoms with E-state index in [0.29, 0.717) is 6.42 Å². The number of esters is 1. The Morgan fingerprint density at radius 3 is 2.59 bits per heavy atom. The fourth-order valence-corrected chi connectivity index (χ4v) is 7.56. The number of amides is 1. The molecule has 2 aliphatic carbocycles. The second-order valence-corrected chi connectivity index (χ2v) is 12.2. The summed E-state index contributed by atoms with van der Waals surface area (Å²) >= 11 is 0.